The molecule has 0 spiro atoms. The molecule has 0 aliphatic carbocycles. The Morgan fingerprint density at radius 2 is 1.68 bits per heavy atom. The van der Waals surface area contributed by atoms with Crippen molar-refractivity contribution in [3.05, 3.63) is 28.7 Å². The van der Waals surface area contributed by atoms with Gasteiger partial charge in [0, 0.05) is 54.7 Å². The summed E-state index contributed by atoms with van der Waals surface area (Å²) in [7, 11) is 0. The summed E-state index contributed by atoms with van der Waals surface area (Å²) in [4.78, 5) is 18.3. The van der Waals surface area contributed by atoms with Gasteiger partial charge >= 0.3 is 0 Å². The monoisotopic (exact) mass is 315 g/mol. The fourth-order valence-corrected chi connectivity index (χ4v) is 4.48. The molecule has 0 amide bonds. The van der Waals surface area contributed by atoms with Gasteiger partial charge in [0.1, 0.15) is 12.1 Å². The molecule has 2 aromatic rings. The van der Waals surface area contributed by atoms with Crippen LogP contribution in [0.1, 0.15) is 17.0 Å². The number of rotatable bonds is 2. The zero-order valence-corrected chi connectivity index (χ0v) is 14.1. The van der Waals surface area contributed by atoms with Crippen molar-refractivity contribution in [3.8, 4) is 0 Å². The molecule has 2 aromatic heterocycles. The molecule has 22 heavy (non-hydrogen) atoms. The van der Waals surface area contributed by atoms with Gasteiger partial charge in [-0.15, -0.1) is 11.3 Å². The van der Waals surface area contributed by atoms with Crippen LogP contribution >= 0.6 is 11.3 Å². The highest BCUT2D eigenvalue weighted by Crippen LogP contribution is 2.37. The summed E-state index contributed by atoms with van der Waals surface area (Å²) < 4.78 is 0. The van der Waals surface area contributed by atoms with Crippen LogP contribution in [0.2, 0.25) is 0 Å². The average molecular weight is 315 g/mol. The Balaban J connectivity index is 1.49. The molecule has 0 bridgehead atoms. The molecule has 0 radical (unpaired) electrons. The van der Waals surface area contributed by atoms with E-state index in [1.807, 2.05) is 0 Å². The van der Waals surface area contributed by atoms with Gasteiger partial charge in [-0.2, -0.15) is 0 Å². The molecule has 2 unspecified atom stereocenters. The van der Waals surface area contributed by atoms with Gasteiger partial charge in [0.15, 0.2) is 5.13 Å². The Morgan fingerprint density at radius 1 is 1.00 bits per heavy atom. The minimum Gasteiger partial charge on any atom is -0.356 e. The number of fused-ring (bicyclic) bond motifs is 1. The number of anilines is 2. The molecule has 2 fully saturated rings. The van der Waals surface area contributed by atoms with Crippen molar-refractivity contribution in [3.63, 3.8) is 0 Å². The van der Waals surface area contributed by atoms with Crippen molar-refractivity contribution in [1.29, 1.82) is 0 Å². The van der Waals surface area contributed by atoms with Crippen molar-refractivity contribution in [2.24, 2.45) is 11.8 Å². The number of hydrogen-bond acceptors (Lipinski definition) is 6. The van der Waals surface area contributed by atoms with E-state index in [1.54, 1.807) is 17.7 Å². The zero-order chi connectivity index (χ0) is 15.3. The lowest BCUT2D eigenvalue weighted by atomic mass is 10.0. The van der Waals surface area contributed by atoms with Crippen LogP contribution in [0, 0.1) is 32.6 Å². The summed E-state index contributed by atoms with van der Waals surface area (Å²) >= 11 is 1.77. The summed E-state index contributed by atoms with van der Waals surface area (Å²) in [5, 5.41) is 3.33. The van der Waals surface area contributed by atoms with Crippen LogP contribution in [0.15, 0.2) is 11.7 Å². The largest absolute Gasteiger partial charge is 0.356 e. The number of aryl methyl sites for hydroxylation is 2. The fourth-order valence-electron chi connectivity index (χ4n) is 3.65. The molecule has 2 saturated heterocycles. The Bertz CT molecular complexity index is 684. The molecular weight excluding hydrogens is 294 g/mol. The lowest BCUT2D eigenvalue weighted by molar-refractivity contribution is 0.533. The first-order valence-electron chi connectivity index (χ1n) is 7.82. The van der Waals surface area contributed by atoms with Crippen LogP contribution in [0.3, 0.4) is 0 Å². The summed E-state index contributed by atoms with van der Waals surface area (Å²) in [6, 6.07) is 0. The minimum atomic E-state index is 0.721. The van der Waals surface area contributed by atoms with Crippen molar-refractivity contribution in [1.82, 2.24) is 15.0 Å². The van der Waals surface area contributed by atoms with Gasteiger partial charge in [0.2, 0.25) is 0 Å². The van der Waals surface area contributed by atoms with Crippen molar-refractivity contribution in [2.45, 2.75) is 20.8 Å². The van der Waals surface area contributed by atoms with Crippen molar-refractivity contribution >= 4 is 22.3 Å². The van der Waals surface area contributed by atoms with E-state index in [1.165, 1.54) is 10.7 Å². The van der Waals surface area contributed by atoms with Gasteiger partial charge in [-0.1, -0.05) is 0 Å². The predicted molar refractivity (Wildman–Crippen MR) is 89.8 cm³/mol. The second-order valence-electron chi connectivity index (χ2n) is 6.51. The standard InChI is InChI=1S/C16H21N5S/c1-10-8-22-16(19-10)21-6-13-4-20(5-14(13)7-21)15-11(2)12(3)17-9-18-15/h8-9,13-14H,4-7H2,1-3H3. The number of nitrogens with zero attached hydrogens (tertiary/aromatic N) is 5. The van der Waals surface area contributed by atoms with Gasteiger partial charge in [0.25, 0.3) is 0 Å². The van der Waals surface area contributed by atoms with E-state index in [2.05, 4.69) is 50.9 Å². The van der Waals surface area contributed by atoms with Crippen molar-refractivity contribution < 1.29 is 0 Å². The molecule has 2 aliphatic rings. The predicted octanol–water partition coefficient (Wildman–Crippen LogP) is 2.43. The number of hydrogen-bond donors (Lipinski definition) is 0. The molecule has 116 valence electrons. The molecular formula is C16H21N5S. The molecule has 2 atom stereocenters. The second kappa shape index (κ2) is 5.19. The molecule has 0 N–H and O–H groups in total. The normalized spacial score (nSPS) is 24.1. The van der Waals surface area contributed by atoms with Crippen LogP contribution < -0.4 is 9.80 Å². The second-order valence-corrected chi connectivity index (χ2v) is 7.35. The fraction of sp³-hybridized carbons (Fsp3) is 0.562. The van der Waals surface area contributed by atoms with E-state index in [-0.39, 0.29) is 0 Å². The van der Waals surface area contributed by atoms with Gasteiger partial charge in [-0.05, 0) is 20.8 Å². The van der Waals surface area contributed by atoms with Gasteiger partial charge < -0.3 is 9.80 Å². The molecule has 6 heteroatoms. The quantitative estimate of drug-likeness (QED) is 0.852. The Kier molecular flexibility index (Phi) is 3.29. The number of aromatic nitrogens is 3. The van der Waals surface area contributed by atoms with E-state index >= 15 is 0 Å². The van der Waals surface area contributed by atoms with Crippen LogP contribution in [0.4, 0.5) is 10.9 Å². The first kappa shape index (κ1) is 13.9. The van der Waals surface area contributed by atoms with E-state index in [9.17, 15) is 0 Å². The first-order chi connectivity index (χ1) is 10.6. The summed E-state index contributed by atoms with van der Waals surface area (Å²) in [6.07, 6.45) is 1.69. The highest BCUT2D eigenvalue weighted by molar-refractivity contribution is 7.13. The molecule has 0 aromatic carbocycles. The van der Waals surface area contributed by atoms with E-state index in [4.69, 9.17) is 0 Å². The highest BCUT2D eigenvalue weighted by atomic mass is 32.1. The highest BCUT2D eigenvalue weighted by Gasteiger charge is 2.41. The maximum Gasteiger partial charge on any atom is 0.185 e. The maximum absolute atomic E-state index is 4.63. The Hall–Kier alpha value is -1.69. The van der Waals surface area contributed by atoms with Crippen LogP contribution in [0.5, 0.6) is 0 Å². The number of thiazole rings is 1. The van der Waals surface area contributed by atoms with Crippen molar-refractivity contribution in [2.75, 3.05) is 36.0 Å². The van der Waals surface area contributed by atoms with Gasteiger partial charge in [-0.25, -0.2) is 15.0 Å². The molecule has 4 heterocycles. The molecule has 0 saturated carbocycles. The SMILES string of the molecule is Cc1csc(N2CC3CN(c4ncnc(C)c4C)CC3C2)n1. The lowest BCUT2D eigenvalue weighted by Gasteiger charge is -2.23. The Morgan fingerprint density at radius 3 is 2.32 bits per heavy atom. The third kappa shape index (κ3) is 2.26. The van der Waals surface area contributed by atoms with Gasteiger partial charge in [0.05, 0.1) is 5.69 Å². The van der Waals surface area contributed by atoms with E-state index in [0.717, 1.165) is 55.2 Å². The Labute approximate surface area is 135 Å². The minimum absolute atomic E-state index is 0.721. The third-order valence-electron chi connectivity index (χ3n) is 4.97. The maximum atomic E-state index is 4.63. The third-order valence-corrected chi connectivity index (χ3v) is 5.99. The lowest BCUT2D eigenvalue weighted by Crippen LogP contribution is -2.29. The summed E-state index contributed by atoms with van der Waals surface area (Å²) in [6.45, 7) is 10.7. The van der Waals surface area contributed by atoms with Crippen LogP contribution in [0.25, 0.3) is 0 Å². The van der Waals surface area contributed by atoms with Gasteiger partial charge in [-0.3, -0.25) is 0 Å². The molecule has 4 rings (SSSR count). The summed E-state index contributed by atoms with van der Waals surface area (Å²) in [5.41, 5.74) is 3.43. The van der Waals surface area contributed by atoms with E-state index in [0.29, 0.717) is 0 Å². The smallest absolute Gasteiger partial charge is 0.185 e. The zero-order valence-electron chi connectivity index (χ0n) is 13.3. The average Bonchev–Trinajstić information content (AvgIpc) is 3.15. The van der Waals surface area contributed by atoms with Crippen LogP contribution in [-0.4, -0.2) is 41.1 Å². The van der Waals surface area contributed by atoms with Crippen LogP contribution in [-0.2, 0) is 0 Å². The molecule has 5 nitrogen and oxygen atoms in total. The van der Waals surface area contributed by atoms with E-state index < -0.39 is 0 Å². The topological polar surface area (TPSA) is 45.2 Å². The first-order valence-corrected chi connectivity index (χ1v) is 8.70. The molecule has 2 aliphatic heterocycles. The summed E-state index contributed by atoms with van der Waals surface area (Å²) in [5.74, 6) is 2.57.